The lowest BCUT2D eigenvalue weighted by Gasteiger charge is -2.09. The second-order valence-corrected chi connectivity index (χ2v) is 5.00. The molecule has 0 aliphatic heterocycles. The van der Waals surface area contributed by atoms with Gasteiger partial charge in [0.25, 0.3) is 0 Å². The largest absolute Gasteiger partial charge is 0.495 e. The highest BCUT2D eigenvalue weighted by molar-refractivity contribution is 6.32. The summed E-state index contributed by atoms with van der Waals surface area (Å²) in [6.07, 6.45) is 0. The molecule has 2 aromatic carbocycles. The average Bonchev–Trinajstić information content (AvgIpc) is 2.49. The molecule has 0 saturated heterocycles. The van der Waals surface area contributed by atoms with Crippen LogP contribution in [0.5, 0.6) is 5.75 Å². The van der Waals surface area contributed by atoms with Crippen LogP contribution >= 0.6 is 11.6 Å². The van der Waals surface area contributed by atoms with Gasteiger partial charge >= 0.3 is 0 Å². The van der Waals surface area contributed by atoms with E-state index in [0.717, 1.165) is 0 Å². The number of amides is 1. The first-order valence-corrected chi connectivity index (χ1v) is 7.05. The van der Waals surface area contributed by atoms with Crippen LogP contribution in [-0.2, 0) is 11.3 Å². The first-order valence-electron chi connectivity index (χ1n) is 6.67. The number of carbonyl (C=O) groups is 1. The fourth-order valence-electron chi connectivity index (χ4n) is 1.90. The van der Waals surface area contributed by atoms with Gasteiger partial charge in [-0.2, -0.15) is 0 Å². The zero-order chi connectivity index (χ0) is 15.9. The van der Waals surface area contributed by atoms with Crippen molar-refractivity contribution in [3.05, 3.63) is 58.9 Å². The molecule has 116 valence electrons. The van der Waals surface area contributed by atoms with Crippen LogP contribution in [-0.4, -0.2) is 19.6 Å². The van der Waals surface area contributed by atoms with Crippen molar-refractivity contribution in [1.29, 1.82) is 0 Å². The van der Waals surface area contributed by atoms with Crippen molar-refractivity contribution in [2.75, 3.05) is 19.0 Å². The fourth-order valence-corrected chi connectivity index (χ4v) is 2.16. The molecular formula is C16H16ClFN2O2. The Hall–Kier alpha value is -2.11. The van der Waals surface area contributed by atoms with E-state index in [2.05, 4.69) is 10.6 Å². The maximum atomic E-state index is 13.4. The van der Waals surface area contributed by atoms with Crippen LogP contribution in [0.4, 0.5) is 10.1 Å². The first-order chi connectivity index (χ1) is 10.6. The predicted octanol–water partition coefficient (Wildman–Crippen LogP) is 3.22. The third-order valence-electron chi connectivity index (χ3n) is 2.99. The van der Waals surface area contributed by atoms with E-state index in [4.69, 9.17) is 16.3 Å². The van der Waals surface area contributed by atoms with Gasteiger partial charge in [0.05, 0.1) is 18.7 Å². The van der Waals surface area contributed by atoms with Gasteiger partial charge in [0.2, 0.25) is 5.91 Å². The molecule has 2 rings (SSSR count). The van der Waals surface area contributed by atoms with Gasteiger partial charge in [-0.25, -0.2) is 4.39 Å². The van der Waals surface area contributed by atoms with Crippen LogP contribution in [0.15, 0.2) is 42.5 Å². The van der Waals surface area contributed by atoms with E-state index in [1.165, 1.54) is 13.2 Å². The van der Waals surface area contributed by atoms with Crippen LogP contribution in [0.25, 0.3) is 0 Å². The number of carbonyl (C=O) groups excluding carboxylic acids is 1. The molecular weight excluding hydrogens is 307 g/mol. The summed E-state index contributed by atoms with van der Waals surface area (Å²) in [7, 11) is 1.52. The first kappa shape index (κ1) is 16.3. The van der Waals surface area contributed by atoms with Crippen molar-refractivity contribution < 1.29 is 13.9 Å². The van der Waals surface area contributed by atoms with E-state index in [9.17, 15) is 9.18 Å². The van der Waals surface area contributed by atoms with Crippen LogP contribution in [0, 0.1) is 5.82 Å². The molecule has 0 saturated carbocycles. The molecule has 1 amide bonds. The molecule has 0 aliphatic rings. The number of methoxy groups -OCH3 is 1. The normalized spacial score (nSPS) is 10.3. The number of nitrogens with one attached hydrogen (secondary N) is 2. The van der Waals surface area contributed by atoms with Crippen molar-refractivity contribution in [3.8, 4) is 5.75 Å². The number of hydrogen-bond acceptors (Lipinski definition) is 3. The van der Waals surface area contributed by atoms with E-state index in [1.54, 1.807) is 36.4 Å². The van der Waals surface area contributed by atoms with Gasteiger partial charge in [-0.1, -0.05) is 29.8 Å². The number of ether oxygens (including phenoxy) is 1. The second-order valence-electron chi connectivity index (χ2n) is 4.59. The van der Waals surface area contributed by atoms with Crippen LogP contribution in [0.3, 0.4) is 0 Å². The Morgan fingerprint density at radius 1 is 1.27 bits per heavy atom. The monoisotopic (exact) mass is 322 g/mol. The van der Waals surface area contributed by atoms with Crippen LogP contribution < -0.4 is 15.4 Å². The Bertz CT molecular complexity index is 664. The van der Waals surface area contributed by atoms with Gasteiger partial charge < -0.3 is 15.4 Å². The minimum absolute atomic E-state index is 0.0674. The lowest BCUT2D eigenvalue weighted by molar-refractivity contribution is -0.115. The highest BCUT2D eigenvalue weighted by atomic mass is 35.5. The molecule has 2 aromatic rings. The van der Waals surface area contributed by atoms with E-state index < -0.39 is 0 Å². The quantitative estimate of drug-likeness (QED) is 0.858. The summed E-state index contributed by atoms with van der Waals surface area (Å²) in [6, 6.07) is 11.4. The van der Waals surface area contributed by atoms with Gasteiger partial charge in [-0.15, -0.1) is 0 Å². The molecule has 6 heteroatoms. The van der Waals surface area contributed by atoms with Gasteiger partial charge in [-0.3, -0.25) is 4.79 Å². The maximum Gasteiger partial charge on any atom is 0.238 e. The van der Waals surface area contributed by atoms with Crippen LogP contribution in [0.2, 0.25) is 5.02 Å². The molecule has 0 aromatic heterocycles. The second kappa shape index (κ2) is 7.77. The minimum Gasteiger partial charge on any atom is -0.495 e. The maximum absolute atomic E-state index is 13.4. The smallest absolute Gasteiger partial charge is 0.238 e. The molecule has 0 heterocycles. The highest BCUT2D eigenvalue weighted by Gasteiger charge is 2.06. The Balaban J connectivity index is 1.83. The zero-order valence-electron chi connectivity index (χ0n) is 12.0. The molecule has 4 nitrogen and oxygen atoms in total. The summed E-state index contributed by atoms with van der Waals surface area (Å²) < 4.78 is 18.4. The van der Waals surface area contributed by atoms with Gasteiger partial charge in [0.1, 0.15) is 11.6 Å². The molecule has 0 atom stereocenters. The Labute approximate surface area is 133 Å². The van der Waals surface area contributed by atoms with Crippen molar-refractivity contribution in [2.24, 2.45) is 0 Å². The summed E-state index contributed by atoms with van der Waals surface area (Å²) in [5.41, 5.74) is 1.09. The number of benzene rings is 2. The summed E-state index contributed by atoms with van der Waals surface area (Å²) in [5.74, 6) is 0.00672. The number of rotatable bonds is 6. The summed E-state index contributed by atoms with van der Waals surface area (Å²) >= 11 is 5.98. The van der Waals surface area contributed by atoms with Crippen molar-refractivity contribution in [2.45, 2.75) is 6.54 Å². The standard InChI is InChI=1S/C16H16ClFN2O2/c1-22-15-7-6-12(8-13(15)17)20-16(21)10-19-9-11-4-2-3-5-14(11)18/h2-8,19H,9-10H2,1H3,(H,20,21). The Morgan fingerprint density at radius 3 is 2.73 bits per heavy atom. The van der Waals surface area contributed by atoms with Crippen molar-refractivity contribution in [3.63, 3.8) is 0 Å². The number of halogens is 2. The summed E-state index contributed by atoms with van der Waals surface area (Å²) in [6.45, 7) is 0.349. The van der Waals surface area contributed by atoms with E-state index in [0.29, 0.717) is 22.0 Å². The lowest BCUT2D eigenvalue weighted by Crippen LogP contribution is -2.28. The molecule has 0 aliphatic carbocycles. The molecule has 0 radical (unpaired) electrons. The SMILES string of the molecule is COc1ccc(NC(=O)CNCc2ccccc2F)cc1Cl. The summed E-state index contributed by atoms with van der Waals surface area (Å²) in [4.78, 5) is 11.8. The lowest BCUT2D eigenvalue weighted by atomic mass is 10.2. The number of anilines is 1. The summed E-state index contributed by atoms with van der Waals surface area (Å²) in [5, 5.41) is 6.01. The van der Waals surface area contributed by atoms with Crippen molar-refractivity contribution in [1.82, 2.24) is 5.32 Å². The minimum atomic E-state index is -0.294. The molecule has 22 heavy (non-hydrogen) atoms. The highest BCUT2D eigenvalue weighted by Crippen LogP contribution is 2.27. The predicted molar refractivity (Wildman–Crippen MR) is 84.7 cm³/mol. The molecule has 2 N–H and O–H groups in total. The molecule has 0 unspecified atom stereocenters. The number of hydrogen-bond donors (Lipinski definition) is 2. The van der Waals surface area contributed by atoms with Crippen molar-refractivity contribution >= 4 is 23.2 Å². The Morgan fingerprint density at radius 2 is 2.05 bits per heavy atom. The van der Waals surface area contributed by atoms with E-state index >= 15 is 0 Å². The topological polar surface area (TPSA) is 50.4 Å². The average molecular weight is 323 g/mol. The molecule has 0 fully saturated rings. The van der Waals surface area contributed by atoms with E-state index in [-0.39, 0.29) is 24.8 Å². The third-order valence-corrected chi connectivity index (χ3v) is 3.29. The Kier molecular flexibility index (Phi) is 5.75. The fraction of sp³-hybridized carbons (Fsp3) is 0.188. The van der Waals surface area contributed by atoms with Gasteiger partial charge in [0.15, 0.2) is 0 Å². The van der Waals surface area contributed by atoms with Crippen LogP contribution in [0.1, 0.15) is 5.56 Å². The van der Waals surface area contributed by atoms with E-state index in [1.807, 2.05) is 0 Å². The molecule has 0 bridgehead atoms. The zero-order valence-corrected chi connectivity index (χ0v) is 12.8. The third kappa shape index (κ3) is 4.44. The van der Waals surface area contributed by atoms with Gasteiger partial charge in [-0.05, 0) is 24.3 Å². The van der Waals surface area contributed by atoms with Gasteiger partial charge in [0, 0.05) is 17.8 Å². The molecule has 0 spiro atoms.